The molecule has 82 valence electrons. The number of ether oxygens (including phenoxy) is 1. The molecule has 0 unspecified atom stereocenters. The highest BCUT2D eigenvalue weighted by Gasteiger charge is 2.07. The Morgan fingerprint density at radius 2 is 2.27 bits per heavy atom. The van der Waals surface area contributed by atoms with Gasteiger partial charge in [-0.15, -0.1) is 0 Å². The molecule has 0 heterocycles. The molecular formula is C12H16ClNO. The molecule has 0 aliphatic carbocycles. The van der Waals surface area contributed by atoms with Crippen LogP contribution in [0.2, 0.25) is 5.02 Å². The number of para-hydroxylation sites is 1. The smallest absolute Gasteiger partial charge is 0.142 e. The Morgan fingerprint density at radius 3 is 2.87 bits per heavy atom. The standard InChI is InChI=1S/C12H16ClNO/c1-3-9(2)8-15-12-10(7-14)5-4-6-11(12)13/h4-6H,2-3,7-8,14H2,1H3. The molecule has 0 amide bonds. The number of rotatable bonds is 5. The van der Waals surface area contributed by atoms with Crippen LogP contribution in [0.5, 0.6) is 5.75 Å². The molecule has 0 aromatic heterocycles. The van der Waals surface area contributed by atoms with Crippen LogP contribution in [0.1, 0.15) is 18.9 Å². The predicted octanol–water partition coefficient (Wildman–Crippen LogP) is 3.14. The molecule has 0 fully saturated rings. The summed E-state index contributed by atoms with van der Waals surface area (Å²) in [5.41, 5.74) is 7.56. The van der Waals surface area contributed by atoms with Gasteiger partial charge < -0.3 is 10.5 Å². The van der Waals surface area contributed by atoms with Crippen LogP contribution in [0.15, 0.2) is 30.4 Å². The van der Waals surface area contributed by atoms with Gasteiger partial charge in [-0.05, 0) is 18.1 Å². The quantitative estimate of drug-likeness (QED) is 0.782. The topological polar surface area (TPSA) is 35.2 Å². The molecule has 0 saturated heterocycles. The van der Waals surface area contributed by atoms with Crippen molar-refractivity contribution in [3.8, 4) is 5.75 Å². The van der Waals surface area contributed by atoms with Crippen LogP contribution in [0.25, 0.3) is 0 Å². The molecule has 1 aromatic carbocycles. The fourth-order valence-corrected chi connectivity index (χ4v) is 1.40. The third-order valence-electron chi connectivity index (χ3n) is 2.19. The molecule has 0 atom stereocenters. The van der Waals surface area contributed by atoms with Crippen molar-refractivity contribution in [2.75, 3.05) is 6.61 Å². The Balaban J connectivity index is 2.78. The monoisotopic (exact) mass is 225 g/mol. The molecule has 2 N–H and O–H groups in total. The fraction of sp³-hybridized carbons (Fsp3) is 0.333. The number of benzene rings is 1. The lowest BCUT2D eigenvalue weighted by Gasteiger charge is -2.12. The van der Waals surface area contributed by atoms with E-state index in [4.69, 9.17) is 22.1 Å². The summed E-state index contributed by atoms with van der Waals surface area (Å²) in [6.45, 7) is 6.84. The molecule has 15 heavy (non-hydrogen) atoms. The summed E-state index contributed by atoms with van der Waals surface area (Å²) in [7, 11) is 0. The molecule has 0 spiro atoms. The number of halogens is 1. The van der Waals surface area contributed by atoms with E-state index in [2.05, 4.69) is 6.58 Å². The summed E-state index contributed by atoms with van der Waals surface area (Å²) in [5, 5.41) is 0.599. The number of nitrogens with two attached hydrogens (primary N) is 1. The first-order valence-corrected chi connectivity index (χ1v) is 5.33. The second-order valence-electron chi connectivity index (χ2n) is 3.32. The maximum absolute atomic E-state index is 6.02. The van der Waals surface area contributed by atoms with Crippen LogP contribution < -0.4 is 10.5 Å². The molecule has 0 bridgehead atoms. The molecule has 1 aromatic rings. The van der Waals surface area contributed by atoms with E-state index in [1.807, 2.05) is 19.1 Å². The minimum absolute atomic E-state index is 0.425. The minimum Gasteiger partial charge on any atom is -0.487 e. The van der Waals surface area contributed by atoms with Gasteiger partial charge in [0.1, 0.15) is 12.4 Å². The van der Waals surface area contributed by atoms with E-state index in [0.717, 1.165) is 17.6 Å². The first kappa shape index (κ1) is 12.1. The van der Waals surface area contributed by atoms with Crippen LogP contribution >= 0.6 is 11.6 Å². The van der Waals surface area contributed by atoms with Gasteiger partial charge in [0.05, 0.1) is 5.02 Å². The van der Waals surface area contributed by atoms with E-state index in [1.165, 1.54) is 0 Å². The van der Waals surface area contributed by atoms with Gasteiger partial charge in [0.2, 0.25) is 0 Å². The molecule has 0 aliphatic heterocycles. The van der Waals surface area contributed by atoms with E-state index >= 15 is 0 Å². The summed E-state index contributed by atoms with van der Waals surface area (Å²) in [5.74, 6) is 0.677. The maximum Gasteiger partial charge on any atom is 0.142 e. The highest BCUT2D eigenvalue weighted by atomic mass is 35.5. The van der Waals surface area contributed by atoms with Crippen molar-refractivity contribution in [2.24, 2.45) is 5.73 Å². The highest BCUT2D eigenvalue weighted by Crippen LogP contribution is 2.28. The van der Waals surface area contributed by atoms with Crippen LogP contribution in [0, 0.1) is 0 Å². The van der Waals surface area contributed by atoms with Crippen molar-refractivity contribution in [3.63, 3.8) is 0 Å². The van der Waals surface area contributed by atoms with E-state index in [1.54, 1.807) is 6.07 Å². The third kappa shape index (κ3) is 3.26. The number of hydrogen-bond donors (Lipinski definition) is 1. The zero-order valence-corrected chi connectivity index (χ0v) is 9.68. The lowest BCUT2D eigenvalue weighted by atomic mass is 10.2. The SMILES string of the molecule is C=C(CC)COc1c(Cl)cccc1CN. The van der Waals surface area contributed by atoms with Crippen molar-refractivity contribution in [3.05, 3.63) is 40.9 Å². The minimum atomic E-state index is 0.425. The van der Waals surface area contributed by atoms with Gasteiger partial charge in [-0.25, -0.2) is 0 Å². The molecule has 0 saturated carbocycles. The number of hydrogen-bond acceptors (Lipinski definition) is 2. The Morgan fingerprint density at radius 1 is 1.53 bits per heavy atom. The predicted molar refractivity (Wildman–Crippen MR) is 64.3 cm³/mol. The highest BCUT2D eigenvalue weighted by molar-refractivity contribution is 6.32. The second-order valence-corrected chi connectivity index (χ2v) is 3.73. The zero-order chi connectivity index (χ0) is 11.3. The van der Waals surface area contributed by atoms with Gasteiger partial charge >= 0.3 is 0 Å². The van der Waals surface area contributed by atoms with Crippen LogP contribution in [0.4, 0.5) is 0 Å². The van der Waals surface area contributed by atoms with Crippen molar-refractivity contribution >= 4 is 11.6 Å². The summed E-state index contributed by atoms with van der Waals surface area (Å²) in [6, 6.07) is 5.58. The van der Waals surface area contributed by atoms with E-state index in [0.29, 0.717) is 23.9 Å². The third-order valence-corrected chi connectivity index (χ3v) is 2.49. The van der Waals surface area contributed by atoms with Gasteiger partial charge in [0.25, 0.3) is 0 Å². The van der Waals surface area contributed by atoms with Crippen molar-refractivity contribution in [1.29, 1.82) is 0 Å². The summed E-state index contributed by atoms with van der Waals surface area (Å²) in [6.07, 6.45) is 0.905. The fourth-order valence-electron chi connectivity index (χ4n) is 1.15. The van der Waals surface area contributed by atoms with E-state index in [9.17, 15) is 0 Å². The first-order valence-electron chi connectivity index (χ1n) is 4.96. The van der Waals surface area contributed by atoms with Crippen LogP contribution in [-0.2, 0) is 6.54 Å². The van der Waals surface area contributed by atoms with Crippen LogP contribution in [0.3, 0.4) is 0 Å². The summed E-state index contributed by atoms with van der Waals surface area (Å²) in [4.78, 5) is 0. The Labute approximate surface area is 95.7 Å². The summed E-state index contributed by atoms with van der Waals surface area (Å²) >= 11 is 6.02. The van der Waals surface area contributed by atoms with Gasteiger partial charge in [-0.1, -0.05) is 37.2 Å². The Hall–Kier alpha value is -0.990. The first-order chi connectivity index (χ1) is 7.19. The lowest BCUT2D eigenvalue weighted by molar-refractivity contribution is 0.345. The lowest BCUT2D eigenvalue weighted by Crippen LogP contribution is -2.05. The molecule has 1 rings (SSSR count). The van der Waals surface area contributed by atoms with Gasteiger partial charge in [0, 0.05) is 12.1 Å². The average molecular weight is 226 g/mol. The van der Waals surface area contributed by atoms with E-state index in [-0.39, 0.29) is 0 Å². The van der Waals surface area contributed by atoms with E-state index < -0.39 is 0 Å². The van der Waals surface area contributed by atoms with Gasteiger partial charge in [0.15, 0.2) is 0 Å². The van der Waals surface area contributed by atoms with Crippen molar-refractivity contribution < 1.29 is 4.74 Å². The van der Waals surface area contributed by atoms with Crippen molar-refractivity contribution in [2.45, 2.75) is 19.9 Å². The van der Waals surface area contributed by atoms with Gasteiger partial charge in [-0.3, -0.25) is 0 Å². The molecule has 3 heteroatoms. The van der Waals surface area contributed by atoms with Crippen LogP contribution in [-0.4, -0.2) is 6.61 Å². The normalized spacial score (nSPS) is 10.1. The molecule has 0 radical (unpaired) electrons. The molecule has 2 nitrogen and oxygen atoms in total. The Kier molecular flexibility index (Phi) is 4.66. The zero-order valence-electron chi connectivity index (χ0n) is 8.92. The van der Waals surface area contributed by atoms with Gasteiger partial charge in [-0.2, -0.15) is 0 Å². The molecule has 0 aliphatic rings. The molecular weight excluding hydrogens is 210 g/mol. The maximum atomic E-state index is 6.02. The Bertz CT molecular complexity index is 349. The average Bonchev–Trinajstić information content (AvgIpc) is 2.26. The summed E-state index contributed by atoms with van der Waals surface area (Å²) < 4.78 is 5.60. The largest absolute Gasteiger partial charge is 0.487 e. The van der Waals surface area contributed by atoms with Crippen molar-refractivity contribution in [1.82, 2.24) is 0 Å². The second kappa shape index (κ2) is 5.79.